The van der Waals surface area contributed by atoms with Crippen LogP contribution in [0.25, 0.3) is 11.0 Å². The van der Waals surface area contributed by atoms with Crippen molar-refractivity contribution in [2.45, 2.75) is 12.8 Å². The van der Waals surface area contributed by atoms with E-state index in [-0.39, 0.29) is 0 Å². The number of benzene rings is 2. The van der Waals surface area contributed by atoms with Crippen molar-refractivity contribution in [2.24, 2.45) is 5.92 Å². The van der Waals surface area contributed by atoms with Crippen LogP contribution in [-0.2, 0) is 0 Å². The summed E-state index contributed by atoms with van der Waals surface area (Å²) in [4.78, 5) is 8.90. The van der Waals surface area contributed by atoms with Crippen LogP contribution in [0.1, 0.15) is 12.8 Å². The van der Waals surface area contributed by atoms with E-state index in [1.54, 1.807) is 12.3 Å². The van der Waals surface area contributed by atoms with Crippen molar-refractivity contribution in [3.63, 3.8) is 0 Å². The van der Waals surface area contributed by atoms with Gasteiger partial charge in [0.25, 0.3) is 0 Å². The normalized spacial score (nSPS) is 15.0. The van der Waals surface area contributed by atoms with Crippen LogP contribution in [0.15, 0.2) is 42.6 Å². The molecule has 0 bridgehead atoms. The number of hydrogen-bond donors (Lipinski definition) is 2. The number of anilines is 2. The predicted molar refractivity (Wildman–Crippen MR) is 100 cm³/mol. The second-order valence-corrected chi connectivity index (χ2v) is 6.67. The Morgan fingerprint density at radius 1 is 1.00 bits per heavy atom. The highest BCUT2D eigenvalue weighted by molar-refractivity contribution is 5.80. The first-order chi connectivity index (χ1) is 13.2. The summed E-state index contributed by atoms with van der Waals surface area (Å²) < 4.78 is 32.3. The molecule has 1 saturated heterocycles. The second-order valence-electron chi connectivity index (χ2n) is 6.67. The molecule has 140 valence electrons. The summed E-state index contributed by atoms with van der Waals surface area (Å²) in [6.07, 6.45) is 3.83. The van der Waals surface area contributed by atoms with Gasteiger partial charge in [-0.05, 0) is 62.2 Å². The Morgan fingerprint density at radius 3 is 2.59 bits per heavy atom. The van der Waals surface area contributed by atoms with Crippen LogP contribution in [0.3, 0.4) is 0 Å². The van der Waals surface area contributed by atoms with Crippen molar-refractivity contribution < 1.29 is 13.5 Å². The minimum atomic E-state index is -0.894. The van der Waals surface area contributed by atoms with E-state index in [2.05, 4.69) is 20.6 Å². The standard InChI is InChI=1S/C20H20F2N4O/c21-16-3-1-14(9-17(16)22)25-15-2-4-18-19(10-15)26-20(11-24-18)27-12-13-5-7-23-8-6-13/h1-4,9-11,13,23,25H,5-8,12H2. The molecule has 5 nitrogen and oxygen atoms in total. The lowest BCUT2D eigenvalue weighted by Gasteiger charge is -2.22. The maximum Gasteiger partial charge on any atom is 0.232 e. The average molecular weight is 370 g/mol. The van der Waals surface area contributed by atoms with Gasteiger partial charge in [0.15, 0.2) is 11.6 Å². The molecular formula is C20H20F2N4O. The highest BCUT2D eigenvalue weighted by atomic mass is 19.2. The van der Waals surface area contributed by atoms with Crippen molar-refractivity contribution in [3.05, 3.63) is 54.2 Å². The van der Waals surface area contributed by atoms with Crippen molar-refractivity contribution in [1.82, 2.24) is 15.3 Å². The Hall–Kier alpha value is -2.80. The molecule has 1 aliphatic rings. The van der Waals surface area contributed by atoms with Gasteiger partial charge in [0.05, 0.1) is 23.8 Å². The van der Waals surface area contributed by atoms with Crippen LogP contribution in [0, 0.1) is 17.6 Å². The molecular weight excluding hydrogens is 350 g/mol. The Kier molecular flexibility index (Phi) is 5.11. The van der Waals surface area contributed by atoms with Crippen molar-refractivity contribution in [2.75, 3.05) is 25.0 Å². The van der Waals surface area contributed by atoms with E-state index < -0.39 is 11.6 Å². The van der Waals surface area contributed by atoms with Gasteiger partial charge in [0.2, 0.25) is 5.88 Å². The van der Waals surface area contributed by atoms with Crippen LogP contribution in [0.4, 0.5) is 20.2 Å². The summed E-state index contributed by atoms with van der Waals surface area (Å²) in [5.74, 6) is -0.745. The van der Waals surface area contributed by atoms with E-state index >= 15 is 0 Å². The number of rotatable bonds is 5. The molecule has 2 heterocycles. The van der Waals surface area contributed by atoms with E-state index in [4.69, 9.17) is 4.74 Å². The van der Waals surface area contributed by atoms with Crippen LogP contribution >= 0.6 is 0 Å². The maximum atomic E-state index is 13.4. The van der Waals surface area contributed by atoms with E-state index in [1.165, 1.54) is 6.07 Å². The zero-order valence-corrected chi connectivity index (χ0v) is 14.7. The third-order valence-corrected chi connectivity index (χ3v) is 4.65. The number of aromatic nitrogens is 2. The molecule has 2 aromatic carbocycles. The van der Waals surface area contributed by atoms with E-state index in [0.717, 1.165) is 43.6 Å². The molecule has 0 radical (unpaired) electrons. The number of ether oxygens (including phenoxy) is 1. The van der Waals surface area contributed by atoms with E-state index in [1.807, 2.05) is 12.1 Å². The monoisotopic (exact) mass is 370 g/mol. The molecule has 27 heavy (non-hydrogen) atoms. The summed E-state index contributed by atoms with van der Waals surface area (Å²) in [7, 11) is 0. The van der Waals surface area contributed by atoms with Crippen molar-refractivity contribution in [1.29, 1.82) is 0 Å². The summed E-state index contributed by atoms with van der Waals surface area (Å²) in [5.41, 5.74) is 2.57. The van der Waals surface area contributed by atoms with Crippen LogP contribution < -0.4 is 15.4 Å². The summed E-state index contributed by atoms with van der Waals surface area (Å²) in [6.45, 7) is 2.68. The minimum Gasteiger partial charge on any atom is -0.476 e. The fourth-order valence-electron chi connectivity index (χ4n) is 3.13. The molecule has 0 atom stereocenters. The molecule has 7 heteroatoms. The van der Waals surface area contributed by atoms with Gasteiger partial charge in [-0.2, -0.15) is 0 Å². The lowest BCUT2D eigenvalue weighted by molar-refractivity contribution is 0.209. The van der Waals surface area contributed by atoms with Crippen molar-refractivity contribution in [3.8, 4) is 5.88 Å². The first-order valence-electron chi connectivity index (χ1n) is 9.00. The number of hydrogen-bond acceptors (Lipinski definition) is 5. The van der Waals surface area contributed by atoms with Crippen LogP contribution in [-0.4, -0.2) is 29.7 Å². The number of fused-ring (bicyclic) bond motifs is 1. The lowest BCUT2D eigenvalue weighted by atomic mass is 9.99. The van der Waals surface area contributed by atoms with Gasteiger partial charge in [-0.15, -0.1) is 0 Å². The Bertz CT molecular complexity index is 944. The number of halogens is 2. The number of nitrogens with zero attached hydrogens (tertiary/aromatic N) is 2. The lowest BCUT2D eigenvalue weighted by Crippen LogP contribution is -2.30. The highest BCUT2D eigenvalue weighted by Crippen LogP contribution is 2.23. The molecule has 0 unspecified atom stereocenters. The third kappa shape index (κ3) is 4.31. The van der Waals surface area contributed by atoms with Crippen molar-refractivity contribution >= 4 is 22.4 Å². The zero-order chi connectivity index (χ0) is 18.6. The molecule has 3 aromatic rings. The SMILES string of the molecule is Fc1ccc(Nc2ccc3ncc(OCC4CCNCC4)nc3c2)cc1F. The van der Waals surface area contributed by atoms with Gasteiger partial charge in [0.1, 0.15) is 0 Å². The predicted octanol–water partition coefficient (Wildman–Crippen LogP) is 4.03. The smallest absolute Gasteiger partial charge is 0.232 e. The second kappa shape index (κ2) is 7.84. The van der Waals surface area contributed by atoms with Crippen LogP contribution in [0.2, 0.25) is 0 Å². The molecule has 1 aliphatic heterocycles. The fraction of sp³-hybridized carbons (Fsp3) is 0.300. The molecule has 0 amide bonds. The Morgan fingerprint density at radius 2 is 1.78 bits per heavy atom. The Labute approximate surface area is 155 Å². The summed E-state index contributed by atoms with van der Waals surface area (Å²) in [5, 5.41) is 6.38. The summed E-state index contributed by atoms with van der Waals surface area (Å²) in [6, 6.07) is 9.12. The zero-order valence-electron chi connectivity index (χ0n) is 14.7. The number of piperidine rings is 1. The van der Waals surface area contributed by atoms with Gasteiger partial charge in [-0.3, -0.25) is 0 Å². The highest BCUT2D eigenvalue weighted by Gasteiger charge is 2.14. The molecule has 1 fully saturated rings. The Balaban J connectivity index is 1.49. The minimum absolute atomic E-state index is 0.458. The van der Waals surface area contributed by atoms with Gasteiger partial charge < -0.3 is 15.4 Å². The molecule has 2 N–H and O–H groups in total. The van der Waals surface area contributed by atoms with E-state index in [9.17, 15) is 8.78 Å². The fourth-order valence-corrected chi connectivity index (χ4v) is 3.13. The number of nitrogens with one attached hydrogen (secondary N) is 2. The molecule has 0 aliphatic carbocycles. The molecule has 4 rings (SSSR count). The average Bonchev–Trinajstić information content (AvgIpc) is 2.70. The maximum absolute atomic E-state index is 13.4. The quantitative estimate of drug-likeness (QED) is 0.710. The third-order valence-electron chi connectivity index (χ3n) is 4.65. The topological polar surface area (TPSA) is 59.1 Å². The van der Waals surface area contributed by atoms with Gasteiger partial charge in [-0.1, -0.05) is 0 Å². The van der Waals surface area contributed by atoms with Gasteiger partial charge >= 0.3 is 0 Å². The first kappa shape index (κ1) is 17.6. The van der Waals surface area contributed by atoms with E-state index in [0.29, 0.717) is 35.3 Å². The van der Waals surface area contributed by atoms with Crippen LogP contribution in [0.5, 0.6) is 5.88 Å². The molecule has 0 spiro atoms. The molecule has 0 saturated carbocycles. The first-order valence-corrected chi connectivity index (χ1v) is 9.00. The van der Waals surface area contributed by atoms with Gasteiger partial charge in [-0.25, -0.2) is 18.7 Å². The largest absolute Gasteiger partial charge is 0.476 e. The molecule has 1 aromatic heterocycles. The summed E-state index contributed by atoms with van der Waals surface area (Å²) >= 11 is 0. The van der Waals surface area contributed by atoms with Gasteiger partial charge in [0, 0.05) is 17.4 Å².